The number of rotatable bonds is 2. The Morgan fingerprint density at radius 3 is 2.38 bits per heavy atom. The number of halogens is 1. The average molecular weight is 409 g/mol. The van der Waals surface area contributed by atoms with Gasteiger partial charge in [-0.2, -0.15) is 0 Å². The molecule has 29 heavy (non-hydrogen) atoms. The fourth-order valence-electron chi connectivity index (χ4n) is 8.76. The van der Waals surface area contributed by atoms with Gasteiger partial charge in [-0.3, -0.25) is 9.59 Å². The van der Waals surface area contributed by atoms with Crippen molar-refractivity contribution < 1.29 is 23.8 Å². The quantitative estimate of drug-likeness (QED) is 0.685. The van der Waals surface area contributed by atoms with E-state index in [9.17, 15) is 14.7 Å². The lowest BCUT2D eigenvalue weighted by Gasteiger charge is -2.64. The van der Waals surface area contributed by atoms with E-state index in [-0.39, 0.29) is 41.3 Å². The van der Waals surface area contributed by atoms with Crippen molar-refractivity contribution in [2.75, 3.05) is 0 Å². The van der Waals surface area contributed by atoms with Gasteiger partial charge in [0, 0.05) is 24.7 Å². The maximum absolute atomic E-state index is 15.7. The molecule has 0 heterocycles. The molecule has 4 aliphatic rings. The van der Waals surface area contributed by atoms with E-state index < -0.39 is 23.3 Å². The van der Waals surface area contributed by atoms with Crippen LogP contribution >= 0.6 is 0 Å². The zero-order chi connectivity index (χ0) is 21.4. The molecule has 0 bridgehead atoms. The third kappa shape index (κ3) is 2.85. The second-order valence-electron chi connectivity index (χ2n) is 11.2. The minimum absolute atomic E-state index is 0.0487. The molecule has 0 amide bonds. The van der Waals surface area contributed by atoms with Gasteiger partial charge in [0.1, 0.15) is 23.7 Å². The summed E-state index contributed by atoms with van der Waals surface area (Å²) < 4.78 is 21.1. The minimum atomic E-state index is -1.44. The van der Waals surface area contributed by atoms with Gasteiger partial charge in [-0.05, 0) is 74.5 Å². The number of carbonyl (C=O) groups excluding carboxylic acids is 2. The molecule has 164 valence electrons. The highest BCUT2D eigenvalue weighted by Crippen LogP contribution is 2.69. The summed E-state index contributed by atoms with van der Waals surface area (Å²) in [7, 11) is 0. The first-order valence-electron chi connectivity index (χ1n) is 11.5. The fourth-order valence-corrected chi connectivity index (χ4v) is 8.76. The summed E-state index contributed by atoms with van der Waals surface area (Å²) in [5.41, 5.74) is -2.00. The number of esters is 1. The standard InChI is InChI=1S/C24H37FO4/c1-13-10-19-17-11-20(25)24(28)12-16(29-15(3)27)6-9-23(24,5)18(17)7-8-22(19,4)21(13)14(2)26/h13,16-21,28H,6-12H2,1-5H3/t13-,16+,17-,18+,19+,20-,21-,22+,23-,24+/m1/s1. The Morgan fingerprint density at radius 2 is 1.76 bits per heavy atom. The first kappa shape index (κ1) is 21.3. The summed E-state index contributed by atoms with van der Waals surface area (Å²) in [4.78, 5) is 23.9. The van der Waals surface area contributed by atoms with Crippen LogP contribution < -0.4 is 0 Å². The summed E-state index contributed by atoms with van der Waals surface area (Å²) in [5, 5.41) is 11.6. The van der Waals surface area contributed by atoms with Gasteiger partial charge < -0.3 is 9.84 Å². The molecule has 4 nitrogen and oxygen atoms in total. The van der Waals surface area contributed by atoms with Crippen molar-refractivity contribution in [3.05, 3.63) is 0 Å². The molecule has 5 heteroatoms. The predicted molar refractivity (Wildman–Crippen MR) is 108 cm³/mol. The molecule has 0 saturated heterocycles. The fraction of sp³-hybridized carbons (Fsp3) is 0.917. The van der Waals surface area contributed by atoms with Crippen molar-refractivity contribution >= 4 is 11.8 Å². The first-order chi connectivity index (χ1) is 13.4. The number of aliphatic hydroxyl groups is 1. The topological polar surface area (TPSA) is 63.6 Å². The Bertz CT molecular complexity index is 709. The van der Waals surface area contributed by atoms with Gasteiger partial charge in [0.25, 0.3) is 0 Å². The lowest BCUT2D eigenvalue weighted by atomic mass is 9.42. The van der Waals surface area contributed by atoms with Crippen molar-refractivity contribution in [3.8, 4) is 0 Å². The Hall–Kier alpha value is -0.970. The van der Waals surface area contributed by atoms with Crippen molar-refractivity contribution in [1.82, 2.24) is 0 Å². The Morgan fingerprint density at radius 1 is 1.07 bits per heavy atom. The molecule has 4 aliphatic carbocycles. The molecular formula is C24H37FO4. The van der Waals surface area contributed by atoms with E-state index in [1.54, 1.807) is 6.92 Å². The number of fused-ring (bicyclic) bond motifs is 5. The number of ether oxygens (including phenoxy) is 1. The van der Waals surface area contributed by atoms with Crippen molar-refractivity contribution in [3.63, 3.8) is 0 Å². The molecule has 10 atom stereocenters. The molecule has 0 spiro atoms. The molecule has 4 fully saturated rings. The van der Waals surface area contributed by atoms with Gasteiger partial charge in [-0.1, -0.05) is 20.8 Å². The van der Waals surface area contributed by atoms with Gasteiger partial charge in [-0.15, -0.1) is 0 Å². The van der Waals surface area contributed by atoms with Crippen LogP contribution in [0.1, 0.15) is 79.6 Å². The summed E-state index contributed by atoms with van der Waals surface area (Å²) in [6, 6.07) is 0. The van der Waals surface area contributed by atoms with Crippen LogP contribution in [-0.4, -0.2) is 34.7 Å². The zero-order valence-electron chi connectivity index (χ0n) is 18.5. The Labute approximate surface area is 174 Å². The number of carbonyl (C=O) groups is 2. The van der Waals surface area contributed by atoms with Crippen LogP contribution in [0.5, 0.6) is 0 Å². The van der Waals surface area contributed by atoms with E-state index in [1.165, 1.54) is 6.92 Å². The Balaban J connectivity index is 1.65. The second-order valence-corrected chi connectivity index (χ2v) is 11.2. The Kier molecular flexibility index (Phi) is 4.96. The monoisotopic (exact) mass is 408 g/mol. The van der Waals surface area contributed by atoms with Crippen LogP contribution in [0.2, 0.25) is 0 Å². The largest absolute Gasteiger partial charge is 0.462 e. The highest BCUT2D eigenvalue weighted by Gasteiger charge is 2.69. The highest BCUT2D eigenvalue weighted by molar-refractivity contribution is 5.80. The third-order valence-corrected chi connectivity index (χ3v) is 9.88. The normalized spacial score (nSPS) is 54.1. The van der Waals surface area contributed by atoms with E-state index in [2.05, 4.69) is 20.8 Å². The van der Waals surface area contributed by atoms with Crippen LogP contribution in [0.15, 0.2) is 0 Å². The lowest BCUT2D eigenvalue weighted by Crippen LogP contribution is -2.67. The molecular weight excluding hydrogens is 371 g/mol. The molecule has 0 aromatic carbocycles. The first-order valence-corrected chi connectivity index (χ1v) is 11.5. The predicted octanol–water partition coefficient (Wildman–Crippen LogP) is 4.47. The molecule has 0 unspecified atom stereocenters. The van der Waals surface area contributed by atoms with Crippen LogP contribution in [0.4, 0.5) is 4.39 Å². The van der Waals surface area contributed by atoms with Crippen molar-refractivity contribution in [1.29, 1.82) is 0 Å². The molecule has 4 saturated carbocycles. The highest BCUT2D eigenvalue weighted by atomic mass is 19.1. The summed E-state index contributed by atoms with van der Waals surface area (Å²) in [5.74, 6) is 1.14. The number of Topliss-reactive ketones (excluding diaryl/α,β-unsaturated/α-hetero) is 1. The summed E-state index contributed by atoms with van der Waals surface area (Å²) >= 11 is 0. The van der Waals surface area contributed by atoms with Gasteiger partial charge in [-0.25, -0.2) is 4.39 Å². The van der Waals surface area contributed by atoms with E-state index >= 15 is 4.39 Å². The van der Waals surface area contributed by atoms with Crippen LogP contribution in [0.3, 0.4) is 0 Å². The SMILES string of the molecule is CC(=O)O[C@H]1CC[C@]2(C)[C@H]3CC[C@@]4(C)[C@@H](C[C@@H](C)[C@@H]4C(C)=O)[C@@H]3C[C@@H](F)[C@@]2(O)C1. The second kappa shape index (κ2) is 6.77. The number of hydrogen-bond acceptors (Lipinski definition) is 4. The molecule has 4 rings (SSSR count). The third-order valence-electron chi connectivity index (χ3n) is 9.88. The van der Waals surface area contributed by atoms with E-state index in [4.69, 9.17) is 4.74 Å². The van der Waals surface area contributed by atoms with Gasteiger partial charge >= 0.3 is 5.97 Å². The van der Waals surface area contributed by atoms with E-state index in [0.717, 1.165) is 19.3 Å². The van der Waals surface area contributed by atoms with Crippen LogP contribution in [0, 0.1) is 40.4 Å². The number of hydrogen-bond donors (Lipinski definition) is 1. The minimum Gasteiger partial charge on any atom is -0.462 e. The summed E-state index contributed by atoms with van der Waals surface area (Å²) in [6.07, 6.45) is 3.11. The van der Waals surface area contributed by atoms with Gasteiger partial charge in [0.05, 0.1) is 0 Å². The number of alkyl halides is 1. The maximum Gasteiger partial charge on any atom is 0.302 e. The maximum atomic E-state index is 15.7. The van der Waals surface area contributed by atoms with E-state index in [1.807, 2.05) is 0 Å². The van der Waals surface area contributed by atoms with Gasteiger partial charge in [0.15, 0.2) is 0 Å². The summed E-state index contributed by atoms with van der Waals surface area (Å²) in [6.45, 7) is 9.61. The molecule has 1 N–H and O–H groups in total. The molecule has 0 aromatic rings. The van der Waals surface area contributed by atoms with Gasteiger partial charge in [0.2, 0.25) is 0 Å². The lowest BCUT2D eigenvalue weighted by molar-refractivity contribution is -0.251. The smallest absolute Gasteiger partial charge is 0.302 e. The van der Waals surface area contributed by atoms with Crippen molar-refractivity contribution in [2.24, 2.45) is 40.4 Å². The zero-order valence-corrected chi connectivity index (χ0v) is 18.5. The van der Waals surface area contributed by atoms with Crippen LogP contribution in [0.25, 0.3) is 0 Å². The molecule has 0 aromatic heterocycles. The number of ketones is 1. The average Bonchev–Trinajstić information content (AvgIpc) is 2.87. The molecule has 0 radical (unpaired) electrons. The van der Waals surface area contributed by atoms with Crippen molar-refractivity contribution in [2.45, 2.75) is 97.4 Å². The van der Waals surface area contributed by atoms with E-state index in [0.29, 0.717) is 31.1 Å². The molecule has 0 aliphatic heterocycles. The van der Waals surface area contributed by atoms with Crippen LogP contribution in [-0.2, 0) is 14.3 Å².